The van der Waals surface area contributed by atoms with Crippen molar-refractivity contribution in [3.05, 3.63) is 63.6 Å². The number of carbonyl (C=O) groups excluding carboxylic acids is 1. The monoisotopic (exact) mass is 332 g/mol. The number of rotatable bonds is 4. The van der Waals surface area contributed by atoms with E-state index < -0.39 is 0 Å². The third kappa shape index (κ3) is 3.46. The number of benzene rings is 2. The highest BCUT2D eigenvalue weighted by Crippen LogP contribution is 2.21. The minimum Gasteiger partial charge on any atom is -0.330 e. The minimum atomic E-state index is -0.0977. The van der Waals surface area contributed by atoms with E-state index in [2.05, 4.69) is 21.2 Å². The van der Waals surface area contributed by atoms with E-state index in [1.165, 1.54) is 0 Å². The summed E-state index contributed by atoms with van der Waals surface area (Å²) in [6.07, 6.45) is 0.697. The van der Waals surface area contributed by atoms with Crippen LogP contribution in [-0.2, 0) is 6.42 Å². The van der Waals surface area contributed by atoms with Gasteiger partial charge in [-0.25, -0.2) is 0 Å². The smallest absolute Gasteiger partial charge is 0.255 e. The van der Waals surface area contributed by atoms with Gasteiger partial charge in [-0.2, -0.15) is 0 Å². The van der Waals surface area contributed by atoms with Crippen molar-refractivity contribution >= 4 is 27.5 Å². The van der Waals surface area contributed by atoms with Gasteiger partial charge in [0, 0.05) is 15.7 Å². The van der Waals surface area contributed by atoms with Crippen LogP contribution in [-0.4, -0.2) is 12.5 Å². The molecule has 0 aliphatic rings. The number of nitrogens with one attached hydrogen (secondary N) is 1. The summed E-state index contributed by atoms with van der Waals surface area (Å²) in [6, 6.07) is 13.3. The molecule has 0 atom stereocenters. The molecule has 0 heterocycles. The third-order valence-electron chi connectivity index (χ3n) is 3.11. The van der Waals surface area contributed by atoms with Crippen molar-refractivity contribution < 1.29 is 4.79 Å². The average molecular weight is 333 g/mol. The number of hydrogen-bond acceptors (Lipinski definition) is 2. The van der Waals surface area contributed by atoms with Crippen molar-refractivity contribution in [3.63, 3.8) is 0 Å². The molecule has 1 amide bonds. The Morgan fingerprint density at radius 1 is 1.25 bits per heavy atom. The molecule has 2 aromatic rings. The van der Waals surface area contributed by atoms with Gasteiger partial charge in [0.1, 0.15) is 0 Å². The average Bonchev–Trinajstić information content (AvgIpc) is 2.43. The lowest BCUT2D eigenvalue weighted by atomic mass is 10.0. The van der Waals surface area contributed by atoms with E-state index in [0.29, 0.717) is 18.5 Å². The van der Waals surface area contributed by atoms with Gasteiger partial charge in [-0.3, -0.25) is 4.79 Å². The molecular weight excluding hydrogens is 316 g/mol. The summed E-state index contributed by atoms with van der Waals surface area (Å²) < 4.78 is 0.997. The molecule has 4 heteroatoms. The Hall–Kier alpha value is -1.65. The topological polar surface area (TPSA) is 55.1 Å². The first-order valence-electron chi connectivity index (χ1n) is 6.47. The number of anilines is 1. The van der Waals surface area contributed by atoms with E-state index in [4.69, 9.17) is 5.73 Å². The highest BCUT2D eigenvalue weighted by atomic mass is 79.9. The van der Waals surface area contributed by atoms with Gasteiger partial charge in [0.25, 0.3) is 5.91 Å². The fourth-order valence-corrected chi connectivity index (χ4v) is 2.55. The highest BCUT2D eigenvalue weighted by Gasteiger charge is 2.11. The van der Waals surface area contributed by atoms with Crippen LogP contribution in [0, 0.1) is 6.92 Å². The first kappa shape index (κ1) is 14.8. The molecular formula is C16H17BrN2O. The van der Waals surface area contributed by atoms with E-state index in [0.717, 1.165) is 21.3 Å². The van der Waals surface area contributed by atoms with Gasteiger partial charge in [0.15, 0.2) is 0 Å². The minimum absolute atomic E-state index is 0.0977. The molecule has 2 rings (SSSR count). The van der Waals surface area contributed by atoms with Crippen molar-refractivity contribution in [2.45, 2.75) is 13.3 Å². The van der Waals surface area contributed by atoms with Crippen LogP contribution in [0.3, 0.4) is 0 Å². The van der Waals surface area contributed by atoms with Crippen LogP contribution in [0.15, 0.2) is 46.9 Å². The molecule has 3 N–H and O–H groups in total. The largest absolute Gasteiger partial charge is 0.330 e. The molecule has 0 aromatic heterocycles. The van der Waals surface area contributed by atoms with Crippen LogP contribution in [0.2, 0.25) is 0 Å². The lowest BCUT2D eigenvalue weighted by molar-refractivity contribution is 0.102. The summed E-state index contributed by atoms with van der Waals surface area (Å²) in [6.45, 7) is 2.49. The number of nitrogens with two attached hydrogens (primary N) is 1. The molecule has 0 unspecified atom stereocenters. The molecule has 0 fully saturated rings. The summed E-state index contributed by atoms with van der Waals surface area (Å²) in [5.41, 5.74) is 9.08. The first-order valence-corrected chi connectivity index (χ1v) is 7.26. The van der Waals surface area contributed by atoms with E-state index in [-0.39, 0.29) is 5.91 Å². The van der Waals surface area contributed by atoms with E-state index in [1.54, 1.807) is 0 Å². The Balaban J connectivity index is 2.24. The third-order valence-corrected chi connectivity index (χ3v) is 3.61. The maximum absolute atomic E-state index is 12.4. The zero-order valence-electron chi connectivity index (χ0n) is 11.3. The first-order chi connectivity index (χ1) is 9.61. The molecule has 0 bridgehead atoms. The summed E-state index contributed by atoms with van der Waals surface area (Å²) >= 11 is 3.41. The number of halogens is 1. The maximum Gasteiger partial charge on any atom is 0.255 e. The fourth-order valence-electron chi connectivity index (χ4n) is 2.07. The normalized spacial score (nSPS) is 10.3. The molecule has 0 spiro atoms. The molecule has 3 nitrogen and oxygen atoms in total. The van der Waals surface area contributed by atoms with Gasteiger partial charge in [0.2, 0.25) is 0 Å². The fraction of sp³-hybridized carbons (Fsp3) is 0.188. The van der Waals surface area contributed by atoms with Gasteiger partial charge in [0.05, 0.1) is 0 Å². The molecule has 20 heavy (non-hydrogen) atoms. The zero-order valence-corrected chi connectivity index (χ0v) is 12.9. The number of hydrogen-bond donors (Lipinski definition) is 2. The van der Waals surface area contributed by atoms with Gasteiger partial charge < -0.3 is 11.1 Å². The second-order valence-corrected chi connectivity index (χ2v) is 5.52. The quantitative estimate of drug-likeness (QED) is 0.900. The molecule has 0 radical (unpaired) electrons. The summed E-state index contributed by atoms with van der Waals surface area (Å²) in [7, 11) is 0. The predicted octanol–water partition coefficient (Wildman–Crippen LogP) is 3.51. The van der Waals surface area contributed by atoms with Crippen LogP contribution in [0.4, 0.5) is 5.69 Å². The molecule has 0 saturated heterocycles. The maximum atomic E-state index is 12.4. The summed E-state index contributed by atoms with van der Waals surface area (Å²) in [5, 5.41) is 2.95. The lowest BCUT2D eigenvalue weighted by Gasteiger charge is -2.11. The summed E-state index contributed by atoms with van der Waals surface area (Å²) in [4.78, 5) is 12.4. The van der Waals surface area contributed by atoms with Crippen molar-refractivity contribution in [3.8, 4) is 0 Å². The van der Waals surface area contributed by atoms with E-state index in [1.807, 2.05) is 49.4 Å². The molecule has 0 saturated carbocycles. The second kappa shape index (κ2) is 6.68. The van der Waals surface area contributed by atoms with Crippen molar-refractivity contribution in [2.24, 2.45) is 5.73 Å². The molecule has 2 aromatic carbocycles. The van der Waals surface area contributed by atoms with Crippen LogP contribution >= 0.6 is 15.9 Å². The Bertz CT molecular complexity index is 626. The van der Waals surface area contributed by atoms with Crippen LogP contribution in [0.5, 0.6) is 0 Å². The van der Waals surface area contributed by atoms with Crippen LogP contribution in [0.1, 0.15) is 21.5 Å². The molecule has 0 aliphatic carbocycles. The van der Waals surface area contributed by atoms with Crippen LogP contribution < -0.4 is 11.1 Å². The van der Waals surface area contributed by atoms with Crippen molar-refractivity contribution in [1.29, 1.82) is 0 Å². The van der Waals surface area contributed by atoms with Crippen LogP contribution in [0.25, 0.3) is 0 Å². The zero-order chi connectivity index (χ0) is 14.5. The Morgan fingerprint density at radius 3 is 2.70 bits per heavy atom. The Kier molecular flexibility index (Phi) is 4.93. The van der Waals surface area contributed by atoms with Crippen molar-refractivity contribution in [2.75, 3.05) is 11.9 Å². The van der Waals surface area contributed by atoms with Gasteiger partial charge in [-0.05, 0) is 55.3 Å². The second-order valence-electron chi connectivity index (χ2n) is 4.61. The Morgan fingerprint density at radius 2 is 2.00 bits per heavy atom. The lowest BCUT2D eigenvalue weighted by Crippen LogP contribution is -2.16. The standard InChI is InChI=1S/C16H17BrN2O/c1-11-10-13(17)6-7-15(11)19-16(20)14-5-3-2-4-12(14)8-9-18/h2-7,10H,8-9,18H2,1H3,(H,19,20). The van der Waals surface area contributed by atoms with E-state index >= 15 is 0 Å². The van der Waals surface area contributed by atoms with Crippen molar-refractivity contribution in [1.82, 2.24) is 0 Å². The van der Waals surface area contributed by atoms with Gasteiger partial charge in [-0.15, -0.1) is 0 Å². The number of carbonyl (C=O) groups is 1. The number of amides is 1. The summed E-state index contributed by atoms with van der Waals surface area (Å²) in [5.74, 6) is -0.0977. The molecule has 0 aliphatic heterocycles. The van der Waals surface area contributed by atoms with E-state index in [9.17, 15) is 4.79 Å². The van der Waals surface area contributed by atoms with Gasteiger partial charge in [-0.1, -0.05) is 34.1 Å². The predicted molar refractivity (Wildman–Crippen MR) is 86.0 cm³/mol. The number of aryl methyl sites for hydroxylation is 1. The molecule has 104 valence electrons. The SMILES string of the molecule is Cc1cc(Br)ccc1NC(=O)c1ccccc1CCN. The van der Waals surface area contributed by atoms with Gasteiger partial charge >= 0.3 is 0 Å². The highest BCUT2D eigenvalue weighted by molar-refractivity contribution is 9.10. The Labute approximate surface area is 127 Å².